The molecule has 0 amide bonds. The standard InChI is InChI=1S/C20H29N5O4/c1-20(2)11-4-3-10(12(20)5-11)6-21-17-14-18(23-8-22-17)25(9-24-14)19-16(28)15(27)13(7-26)29-19/h8-13,15-16,19,26-28H,3-7H2,1-2H3,(H,21,22,23). The molecule has 9 heteroatoms. The summed E-state index contributed by atoms with van der Waals surface area (Å²) in [5, 5.41) is 33.2. The van der Waals surface area contributed by atoms with Crippen molar-refractivity contribution in [1.82, 2.24) is 19.5 Å². The lowest BCUT2D eigenvalue weighted by atomic mass is 9.45. The molecular formula is C20H29N5O4. The lowest BCUT2D eigenvalue weighted by Gasteiger charge is -2.60. The molecule has 4 fully saturated rings. The van der Waals surface area contributed by atoms with Crippen LogP contribution in [0.2, 0.25) is 0 Å². The fourth-order valence-corrected chi connectivity index (χ4v) is 5.71. The van der Waals surface area contributed by atoms with Gasteiger partial charge in [0.05, 0.1) is 12.9 Å². The summed E-state index contributed by atoms with van der Waals surface area (Å²) in [6.07, 6.45) is 2.84. The Balaban J connectivity index is 1.35. The monoisotopic (exact) mass is 403 g/mol. The first-order chi connectivity index (χ1) is 13.9. The van der Waals surface area contributed by atoms with Gasteiger partial charge in [-0.25, -0.2) is 15.0 Å². The molecule has 29 heavy (non-hydrogen) atoms. The van der Waals surface area contributed by atoms with Gasteiger partial charge in [0, 0.05) is 6.54 Å². The van der Waals surface area contributed by atoms with Crippen LogP contribution in [0.4, 0.5) is 5.82 Å². The molecule has 158 valence electrons. The summed E-state index contributed by atoms with van der Waals surface area (Å²) in [6, 6.07) is 0. The smallest absolute Gasteiger partial charge is 0.167 e. The highest BCUT2D eigenvalue weighted by molar-refractivity contribution is 5.82. The topological polar surface area (TPSA) is 126 Å². The van der Waals surface area contributed by atoms with Gasteiger partial charge in [0.15, 0.2) is 23.2 Å². The molecule has 3 saturated carbocycles. The van der Waals surface area contributed by atoms with Gasteiger partial charge >= 0.3 is 0 Å². The molecule has 3 aliphatic carbocycles. The number of aliphatic hydroxyl groups is 3. The molecule has 3 heterocycles. The summed E-state index contributed by atoms with van der Waals surface area (Å²) in [7, 11) is 0. The number of fused-ring (bicyclic) bond motifs is 3. The quantitative estimate of drug-likeness (QED) is 0.581. The van der Waals surface area contributed by atoms with Crippen LogP contribution in [0, 0.1) is 23.2 Å². The fourth-order valence-electron chi connectivity index (χ4n) is 5.71. The Bertz CT molecular complexity index is 900. The Kier molecular flexibility index (Phi) is 4.54. The van der Waals surface area contributed by atoms with Gasteiger partial charge in [-0.1, -0.05) is 13.8 Å². The van der Waals surface area contributed by atoms with Crippen molar-refractivity contribution >= 4 is 17.0 Å². The van der Waals surface area contributed by atoms with Crippen molar-refractivity contribution < 1.29 is 20.1 Å². The third-order valence-corrected chi connectivity index (χ3v) is 7.68. The summed E-state index contributed by atoms with van der Waals surface area (Å²) in [6.45, 7) is 5.27. The number of nitrogens with one attached hydrogen (secondary N) is 1. The molecule has 4 N–H and O–H groups in total. The fraction of sp³-hybridized carbons (Fsp3) is 0.750. The zero-order valence-electron chi connectivity index (χ0n) is 16.8. The summed E-state index contributed by atoms with van der Waals surface area (Å²) in [5.41, 5.74) is 1.56. The summed E-state index contributed by atoms with van der Waals surface area (Å²) in [4.78, 5) is 13.1. The van der Waals surface area contributed by atoms with Crippen LogP contribution in [-0.4, -0.2) is 66.3 Å². The molecule has 0 aromatic carbocycles. The Morgan fingerprint density at radius 2 is 2.03 bits per heavy atom. The van der Waals surface area contributed by atoms with E-state index in [9.17, 15) is 15.3 Å². The third-order valence-electron chi connectivity index (χ3n) is 7.68. The van der Waals surface area contributed by atoms with Gasteiger partial charge in [-0.3, -0.25) is 4.57 Å². The van der Waals surface area contributed by atoms with Crippen LogP contribution in [0.1, 0.15) is 39.3 Å². The lowest BCUT2D eigenvalue weighted by Crippen LogP contribution is -2.53. The number of hydrogen-bond donors (Lipinski definition) is 4. The van der Waals surface area contributed by atoms with Crippen LogP contribution in [0.15, 0.2) is 12.7 Å². The third kappa shape index (κ3) is 2.86. The lowest BCUT2D eigenvalue weighted by molar-refractivity contribution is -0.100. The van der Waals surface area contributed by atoms with Crippen molar-refractivity contribution in [1.29, 1.82) is 0 Å². The molecule has 0 radical (unpaired) electrons. The average molecular weight is 403 g/mol. The van der Waals surface area contributed by atoms with E-state index in [-0.39, 0.29) is 6.61 Å². The van der Waals surface area contributed by atoms with E-state index >= 15 is 0 Å². The second-order valence-electron chi connectivity index (χ2n) is 9.35. The highest BCUT2D eigenvalue weighted by Gasteiger charge is 2.53. The van der Waals surface area contributed by atoms with E-state index in [0.29, 0.717) is 28.3 Å². The Morgan fingerprint density at radius 1 is 1.21 bits per heavy atom. The maximum Gasteiger partial charge on any atom is 0.167 e. The predicted octanol–water partition coefficient (Wildman–Crippen LogP) is 0.922. The van der Waals surface area contributed by atoms with E-state index in [1.807, 2.05) is 0 Å². The molecule has 9 nitrogen and oxygen atoms in total. The van der Waals surface area contributed by atoms with Crippen LogP contribution in [0.25, 0.3) is 11.2 Å². The molecule has 7 atom stereocenters. The van der Waals surface area contributed by atoms with Crippen molar-refractivity contribution in [3.05, 3.63) is 12.7 Å². The summed E-state index contributed by atoms with van der Waals surface area (Å²) < 4.78 is 7.21. The first kappa shape index (κ1) is 19.2. The molecule has 0 spiro atoms. The summed E-state index contributed by atoms with van der Waals surface area (Å²) in [5.74, 6) is 2.92. The molecule has 4 aliphatic rings. The van der Waals surface area contributed by atoms with E-state index < -0.39 is 24.5 Å². The van der Waals surface area contributed by atoms with Gasteiger partial charge in [0.1, 0.15) is 24.6 Å². The van der Waals surface area contributed by atoms with E-state index in [1.54, 1.807) is 4.57 Å². The largest absolute Gasteiger partial charge is 0.394 e. The number of hydrogen-bond acceptors (Lipinski definition) is 8. The zero-order valence-corrected chi connectivity index (χ0v) is 16.8. The van der Waals surface area contributed by atoms with Gasteiger partial charge in [0.2, 0.25) is 0 Å². The number of anilines is 1. The molecule has 7 unspecified atom stereocenters. The molecule has 2 bridgehead atoms. The Labute approximate surface area is 169 Å². The van der Waals surface area contributed by atoms with Crippen LogP contribution in [0.3, 0.4) is 0 Å². The predicted molar refractivity (Wildman–Crippen MR) is 105 cm³/mol. The zero-order chi connectivity index (χ0) is 20.3. The van der Waals surface area contributed by atoms with E-state index in [4.69, 9.17) is 4.74 Å². The normalized spacial score (nSPS) is 38.2. The highest BCUT2D eigenvalue weighted by Crippen LogP contribution is 2.61. The van der Waals surface area contributed by atoms with E-state index in [2.05, 4.69) is 34.1 Å². The van der Waals surface area contributed by atoms with Crippen molar-refractivity contribution in [3.8, 4) is 0 Å². The molecule has 1 aliphatic heterocycles. The van der Waals surface area contributed by atoms with E-state index in [1.165, 1.54) is 31.9 Å². The minimum Gasteiger partial charge on any atom is -0.394 e. The second kappa shape index (κ2) is 6.87. The van der Waals surface area contributed by atoms with Crippen molar-refractivity contribution in [2.45, 2.75) is 57.6 Å². The second-order valence-corrected chi connectivity index (χ2v) is 9.35. The van der Waals surface area contributed by atoms with Gasteiger partial charge < -0.3 is 25.4 Å². The SMILES string of the molecule is CC1(C)C2CCC(CNc3ncnc4c3ncn4C3OC(CO)C(O)C3O)C1C2. The number of ether oxygens (including phenoxy) is 1. The van der Waals surface area contributed by atoms with Crippen molar-refractivity contribution in [2.24, 2.45) is 23.2 Å². The summed E-state index contributed by atoms with van der Waals surface area (Å²) >= 11 is 0. The number of nitrogens with zero attached hydrogens (tertiary/aromatic N) is 4. The highest BCUT2D eigenvalue weighted by atomic mass is 16.6. The van der Waals surface area contributed by atoms with Gasteiger partial charge in [0.25, 0.3) is 0 Å². The Morgan fingerprint density at radius 3 is 2.72 bits per heavy atom. The minimum atomic E-state index is -1.17. The number of imidazole rings is 1. The molecule has 6 rings (SSSR count). The van der Waals surface area contributed by atoms with Crippen molar-refractivity contribution in [3.63, 3.8) is 0 Å². The van der Waals surface area contributed by atoms with Gasteiger partial charge in [-0.15, -0.1) is 0 Å². The molecule has 2 aromatic heterocycles. The first-order valence-electron chi connectivity index (χ1n) is 10.5. The first-order valence-corrected chi connectivity index (χ1v) is 10.5. The van der Waals surface area contributed by atoms with Gasteiger partial charge in [-0.05, 0) is 42.4 Å². The maximum atomic E-state index is 10.3. The van der Waals surface area contributed by atoms with Gasteiger partial charge in [-0.2, -0.15) is 0 Å². The Hall–Kier alpha value is -1.81. The average Bonchev–Trinajstić information content (AvgIpc) is 3.28. The number of aliphatic hydroxyl groups excluding tert-OH is 3. The van der Waals surface area contributed by atoms with Crippen LogP contribution in [-0.2, 0) is 4.74 Å². The van der Waals surface area contributed by atoms with Crippen LogP contribution in [0.5, 0.6) is 0 Å². The van der Waals surface area contributed by atoms with Crippen LogP contribution < -0.4 is 5.32 Å². The minimum absolute atomic E-state index is 0.372. The molecular weight excluding hydrogens is 374 g/mol. The molecule has 1 saturated heterocycles. The maximum absolute atomic E-state index is 10.3. The van der Waals surface area contributed by atoms with E-state index in [0.717, 1.165) is 18.4 Å². The number of aromatic nitrogens is 4. The van der Waals surface area contributed by atoms with Crippen LogP contribution >= 0.6 is 0 Å². The number of rotatable bonds is 5. The molecule has 2 aromatic rings. The van der Waals surface area contributed by atoms with Crippen molar-refractivity contribution in [2.75, 3.05) is 18.5 Å².